The van der Waals surface area contributed by atoms with E-state index in [9.17, 15) is 14.0 Å². The SMILES string of the molecule is O=C(C[C@H]1CSc2nc3c(cnn3-c3ccc(F)cc3)c(=O)n21)NC1CCCC1. The number of nitrogens with one attached hydrogen (secondary N) is 1. The van der Waals surface area contributed by atoms with Gasteiger partial charge in [0.1, 0.15) is 11.2 Å². The van der Waals surface area contributed by atoms with E-state index in [0.29, 0.717) is 27.6 Å². The van der Waals surface area contributed by atoms with Gasteiger partial charge < -0.3 is 5.32 Å². The van der Waals surface area contributed by atoms with Crippen LogP contribution in [0.3, 0.4) is 0 Å². The van der Waals surface area contributed by atoms with Crippen LogP contribution in [0.1, 0.15) is 38.1 Å². The fourth-order valence-corrected chi connectivity index (χ4v) is 5.25. The lowest BCUT2D eigenvalue weighted by molar-refractivity contribution is -0.122. The van der Waals surface area contributed by atoms with Crippen molar-refractivity contribution in [2.24, 2.45) is 0 Å². The van der Waals surface area contributed by atoms with Gasteiger partial charge in [0.2, 0.25) is 5.91 Å². The Balaban J connectivity index is 1.45. The zero-order valence-electron chi connectivity index (χ0n) is 15.7. The predicted octanol–water partition coefficient (Wildman–Crippen LogP) is 2.82. The van der Waals surface area contributed by atoms with Crippen LogP contribution in [0.25, 0.3) is 16.7 Å². The fraction of sp³-hybridized carbons (Fsp3) is 0.400. The average Bonchev–Trinajstić information content (AvgIpc) is 3.43. The van der Waals surface area contributed by atoms with Crippen molar-refractivity contribution >= 4 is 28.7 Å². The molecule has 1 fully saturated rings. The minimum atomic E-state index is -0.339. The maximum Gasteiger partial charge on any atom is 0.265 e. The predicted molar refractivity (Wildman–Crippen MR) is 108 cm³/mol. The van der Waals surface area contributed by atoms with Gasteiger partial charge >= 0.3 is 0 Å². The Morgan fingerprint density at radius 1 is 1.24 bits per heavy atom. The van der Waals surface area contributed by atoms with Gasteiger partial charge in [-0.25, -0.2) is 14.1 Å². The summed E-state index contributed by atoms with van der Waals surface area (Å²) < 4.78 is 16.4. The molecule has 0 saturated heterocycles. The summed E-state index contributed by atoms with van der Waals surface area (Å²) in [7, 11) is 0. The topological polar surface area (TPSA) is 81.8 Å². The molecule has 29 heavy (non-hydrogen) atoms. The van der Waals surface area contributed by atoms with E-state index in [1.165, 1.54) is 34.8 Å². The Labute approximate surface area is 170 Å². The number of fused-ring (bicyclic) bond motifs is 2. The molecule has 2 aliphatic rings. The number of hydrogen-bond acceptors (Lipinski definition) is 5. The number of thioether (sulfide) groups is 1. The molecular formula is C20H20FN5O2S. The van der Waals surface area contributed by atoms with Crippen LogP contribution < -0.4 is 10.9 Å². The number of hydrogen-bond donors (Lipinski definition) is 1. The Bertz CT molecular complexity index is 1130. The fourth-order valence-electron chi connectivity index (χ4n) is 4.12. The van der Waals surface area contributed by atoms with Gasteiger partial charge in [-0.15, -0.1) is 0 Å². The van der Waals surface area contributed by atoms with Gasteiger partial charge in [-0.05, 0) is 37.1 Å². The van der Waals surface area contributed by atoms with E-state index in [0.717, 1.165) is 25.7 Å². The first-order chi connectivity index (χ1) is 14.1. The van der Waals surface area contributed by atoms with Crippen LogP contribution in [-0.4, -0.2) is 37.0 Å². The molecule has 0 unspecified atom stereocenters. The molecule has 1 aliphatic carbocycles. The van der Waals surface area contributed by atoms with Crippen LogP contribution in [0.2, 0.25) is 0 Å². The van der Waals surface area contributed by atoms with Crippen LogP contribution in [0.5, 0.6) is 0 Å². The molecule has 1 aliphatic heterocycles. The molecule has 0 spiro atoms. The van der Waals surface area contributed by atoms with Crippen LogP contribution in [0.15, 0.2) is 40.4 Å². The van der Waals surface area contributed by atoms with Crippen LogP contribution in [0, 0.1) is 5.82 Å². The van der Waals surface area contributed by atoms with Crippen LogP contribution in [0.4, 0.5) is 4.39 Å². The second-order valence-corrected chi connectivity index (χ2v) is 8.54. The second-order valence-electron chi connectivity index (χ2n) is 7.56. The second kappa shape index (κ2) is 7.29. The molecule has 0 radical (unpaired) electrons. The molecule has 1 amide bonds. The summed E-state index contributed by atoms with van der Waals surface area (Å²) in [5.74, 6) is 0.287. The summed E-state index contributed by atoms with van der Waals surface area (Å²) in [6, 6.07) is 5.93. The first-order valence-corrected chi connectivity index (χ1v) is 10.8. The Kier molecular flexibility index (Phi) is 4.61. The summed E-state index contributed by atoms with van der Waals surface area (Å²) in [6.07, 6.45) is 6.15. The first-order valence-electron chi connectivity index (χ1n) is 9.78. The first kappa shape index (κ1) is 18.4. The third-order valence-electron chi connectivity index (χ3n) is 5.58. The normalized spacial score (nSPS) is 19.0. The van der Waals surface area contributed by atoms with E-state index in [-0.39, 0.29) is 35.8 Å². The lowest BCUT2D eigenvalue weighted by Gasteiger charge is -2.16. The quantitative estimate of drug-likeness (QED) is 0.665. The van der Waals surface area contributed by atoms with E-state index < -0.39 is 0 Å². The molecule has 5 rings (SSSR count). The summed E-state index contributed by atoms with van der Waals surface area (Å²) in [6.45, 7) is 0. The highest BCUT2D eigenvalue weighted by atomic mass is 32.2. The molecule has 7 nitrogen and oxygen atoms in total. The monoisotopic (exact) mass is 413 g/mol. The number of rotatable bonds is 4. The number of nitrogens with zero attached hydrogens (tertiary/aromatic N) is 4. The molecule has 1 atom stereocenters. The highest BCUT2D eigenvalue weighted by Crippen LogP contribution is 2.33. The largest absolute Gasteiger partial charge is 0.353 e. The number of aromatic nitrogens is 4. The van der Waals surface area contributed by atoms with Crippen molar-refractivity contribution in [2.75, 3.05) is 5.75 Å². The molecule has 9 heteroatoms. The van der Waals surface area contributed by atoms with Crippen molar-refractivity contribution in [1.82, 2.24) is 24.6 Å². The third kappa shape index (κ3) is 3.33. The van der Waals surface area contributed by atoms with Crippen molar-refractivity contribution in [3.05, 3.63) is 46.6 Å². The minimum Gasteiger partial charge on any atom is -0.353 e. The number of halogens is 1. The summed E-state index contributed by atoms with van der Waals surface area (Å²) >= 11 is 1.47. The molecule has 150 valence electrons. The number of carbonyl (C=O) groups excluding carboxylic acids is 1. The van der Waals surface area contributed by atoms with Crippen molar-refractivity contribution in [3.8, 4) is 5.69 Å². The molecule has 1 N–H and O–H groups in total. The highest BCUT2D eigenvalue weighted by Gasteiger charge is 2.30. The van der Waals surface area contributed by atoms with E-state index in [1.807, 2.05) is 0 Å². The average molecular weight is 413 g/mol. The molecule has 1 saturated carbocycles. The highest BCUT2D eigenvalue weighted by molar-refractivity contribution is 7.99. The lowest BCUT2D eigenvalue weighted by Crippen LogP contribution is -2.35. The van der Waals surface area contributed by atoms with E-state index in [1.54, 1.807) is 16.7 Å². The van der Waals surface area contributed by atoms with E-state index in [2.05, 4.69) is 15.4 Å². The number of carbonyl (C=O) groups is 1. The van der Waals surface area contributed by atoms with Crippen LogP contribution in [-0.2, 0) is 4.79 Å². The number of amides is 1. The third-order valence-corrected chi connectivity index (χ3v) is 6.68. The minimum absolute atomic E-state index is 0.00986. The van der Waals surface area contributed by atoms with Gasteiger partial charge in [0, 0.05) is 18.2 Å². The van der Waals surface area contributed by atoms with Gasteiger partial charge in [-0.2, -0.15) is 5.10 Å². The van der Waals surface area contributed by atoms with Crippen molar-refractivity contribution < 1.29 is 9.18 Å². The Morgan fingerprint density at radius 3 is 2.76 bits per heavy atom. The van der Waals surface area contributed by atoms with Gasteiger partial charge in [0.05, 0.1) is 17.9 Å². The zero-order valence-corrected chi connectivity index (χ0v) is 16.5. The zero-order chi connectivity index (χ0) is 20.0. The maximum atomic E-state index is 13.2. The van der Waals surface area contributed by atoms with Crippen molar-refractivity contribution in [1.29, 1.82) is 0 Å². The molecule has 0 bridgehead atoms. The van der Waals surface area contributed by atoms with Crippen LogP contribution >= 0.6 is 11.8 Å². The van der Waals surface area contributed by atoms with E-state index in [4.69, 9.17) is 0 Å². The number of benzene rings is 1. The molecule has 2 aromatic heterocycles. The molecule has 3 heterocycles. The molecular weight excluding hydrogens is 393 g/mol. The van der Waals surface area contributed by atoms with E-state index >= 15 is 0 Å². The summed E-state index contributed by atoms with van der Waals surface area (Å²) in [5.41, 5.74) is 0.882. The van der Waals surface area contributed by atoms with Crippen molar-refractivity contribution in [2.45, 2.75) is 49.3 Å². The Morgan fingerprint density at radius 2 is 2.00 bits per heavy atom. The maximum absolute atomic E-state index is 13.2. The summed E-state index contributed by atoms with van der Waals surface area (Å²) in [5, 5.41) is 8.35. The lowest BCUT2D eigenvalue weighted by atomic mass is 10.2. The standard InChI is InChI=1S/C20H20FN5O2S/c21-12-5-7-14(8-6-12)26-18-16(10-22-26)19(28)25-15(11-29-20(25)24-18)9-17(27)23-13-3-1-2-4-13/h5-8,10,13,15H,1-4,9,11H2,(H,23,27)/t15-/m0/s1. The molecule has 3 aromatic rings. The van der Waals surface area contributed by atoms with Gasteiger partial charge in [-0.1, -0.05) is 24.6 Å². The van der Waals surface area contributed by atoms with Gasteiger partial charge in [0.15, 0.2) is 10.8 Å². The molecule has 1 aromatic carbocycles. The Hall–Kier alpha value is -2.68. The summed E-state index contributed by atoms with van der Waals surface area (Å²) in [4.78, 5) is 30.2. The van der Waals surface area contributed by atoms with Crippen molar-refractivity contribution in [3.63, 3.8) is 0 Å². The van der Waals surface area contributed by atoms with Gasteiger partial charge in [-0.3, -0.25) is 14.2 Å². The smallest absolute Gasteiger partial charge is 0.265 e. The van der Waals surface area contributed by atoms with Gasteiger partial charge in [0.25, 0.3) is 5.56 Å².